The number of rotatable bonds is 1. The molecule has 0 amide bonds. The van der Waals surface area contributed by atoms with Crippen molar-refractivity contribution in [3.8, 4) is 5.69 Å². The molecule has 0 saturated heterocycles. The van der Waals surface area contributed by atoms with Gasteiger partial charge >= 0.3 is 0 Å². The molecule has 18 heavy (non-hydrogen) atoms. The fourth-order valence-electron chi connectivity index (χ4n) is 1.97. The molecule has 1 aromatic heterocycles. The molecule has 5 heteroatoms. The number of hydrogen-bond acceptors (Lipinski definition) is 3. The second-order valence-corrected chi connectivity index (χ2v) is 6.33. The van der Waals surface area contributed by atoms with Crippen LogP contribution in [0.4, 0.5) is 5.82 Å². The maximum Gasteiger partial charge on any atom is 0.170 e. The van der Waals surface area contributed by atoms with E-state index in [9.17, 15) is 0 Å². The number of hydrogen-bond donors (Lipinski definition) is 1. The Bertz CT molecular complexity index is 581. The average molecular weight is 309 g/mol. The highest BCUT2D eigenvalue weighted by Crippen LogP contribution is 2.30. The fourth-order valence-corrected chi connectivity index (χ4v) is 2.32. The van der Waals surface area contributed by atoms with E-state index >= 15 is 0 Å². The lowest BCUT2D eigenvalue weighted by molar-refractivity contribution is 0.543. The lowest BCUT2D eigenvalue weighted by Gasteiger charge is -2.21. The Kier molecular flexibility index (Phi) is 3.19. The highest BCUT2D eigenvalue weighted by atomic mass is 79.9. The molecule has 0 aliphatic carbocycles. The van der Waals surface area contributed by atoms with Gasteiger partial charge in [-0.1, -0.05) is 48.0 Å². The van der Waals surface area contributed by atoms with Crippen LogP contribution in [0.25, 0.3) is 5.69 Å². The largest absolute Gasteiger partial charge is 0.381 e. The summed E-state index contributed by atoms with van der Waals surface area (Å²) in [5, 5.41) is 8.18. The van der Waals surface area contributed by atoms with Gasteiger partial charge in [-0.15, -0.1) is 5.10 Å². The highest BCUT2D eigenvalue weighted by Gasteiger charge is 2.25. The summed E-state index contributed by atoms with van der Waals surface area (Å²) in [5.41, 5.74) is 8.90. The van der Waals surface area contributed by atoms with Crippen LogP contribution in [0.3, 0.4) is 0 Å². The molecule has 96 valence electrons. The monoisotopic (exact) mass is 308 g/mol. The van der Waals surface area contributed by atoms with Crippen LogP contribution in [0.2, 0.25) is 0 Å². The van der Waals surface area contributed by atoms with Crippen molar-refractivity contribution in [1.29, 1.82) is 0 Å². The second-order valence-electron chi connectivity index (χ2n) is 5.42. The van der Waals surface area contributed by atoms with E-state index in [-0.39, 0.29) is 5.41 Å². The van der Waals surface area contributed by atoms with E-state index in [1.165, 1.54) is 0 Å². The van der Waals surface area contributed by atoms with Gasteiger partial charge in [0.25, 0.3) is 0 Å². The third kappa shape index (κ3) is 2.27. The molecule has 2 aromatic rings. The van der Waals surface area contributed by atoms with Gasteiger partial charge in [0.1, 0.15) is 0 Å². The van der Waals surface area contributed by atoms with Crippen molar-refractivity contribution in [2.45, 2.75) is 33.1 Å². The standard InChI is InChI=1S/C13H17BrN4/c1-8-5-6-9(14)7-10(8)18-11(13(2,3)4)12(15)16-17-18/h5-7H,15H2,1-4H3. The topological polar surface area (TPSA) is 56.7 Å². The third-order valence-electron chi connectivity index (χ3n) is 2.81. The van der Waals surface area contributed by atoms with E-state index in [4.69, 9.17) is 5.73 Å². The van der Waals surface area contributed by atoms with Crippen LogP contribution in [-0.2, 0) is 5.41 Å². The quantitative estimate of drug-likeness (QED) is 0.880. The average Bonchev–Trinajstić information content (AvgIpc) is 2.63. The van der Waals surface area contributed by atoms with E-state index in [2.05, 4.69) is 47.0 Å². The lowest BCUT2D eigenvalue weighted by atomic mass is 9.91. The van der Waals surface area contributed by atoms with Gasteiger partial charge in [0.2, 0.25) is 0 Å². The van der Waals surface area contributed by atoms with E-state index in [1.54, 1.807) is 0 Å². The second kappa shape index (κ2) is 4.39. The Balaban J connectivity index is 2.69. The molecule has 0 saturated carbocycles. The fraction of sp³-hybridized carbons (Fsp3) is 0.385. The summed E-state index contributed by atoms with van der Waals surface area (Å²) in [4.78, 5) is 0. The summed E-state index contributed by atoms with van der Waals surface area (Å²) in [5.74, 6) is 0.488. The smallest absolute Gasteiger partial charge is 0.170 e. The van der Waals surface area contributed by atoms with Crippen LogP contribution in [0.5, 0.6) is 0 Å². The molecule has 0 atom stereocenters. The first-order valence-electron chi connectivity index (χ1n) is 5.79. The Hall–Kier alpha value is -1.36. The number of benzene rings is 1. The number of nitrogens with zero attached hydrogens (tertiary/aromatic N) is 3. The zero-order valence-corrected chi connectivity index (χ0v) is 12.6. The predicted octanol–water partition coefficient (Wildman–Crippen LogP) is 3.22. The molecule has 0 spiro atoms. The highest BCUT2D eigenvalue weighted by molar-refractivity contribution is 9.10. The van der Waals surface area contributed by atoms with Crippen LogP contribution in [0.1, 0.15) is 32.0 Å². The van der Waals surface area contributed by atoms with Crippen LogP contribution in [-0.4, -0.2) is 15.0 Å². The molecule has 1 aromatic carbocycles. The Morgan fingerprint density at radius 1 is 1.28 bits per heavy atom. The number of anilines is 1. The first-order chi connectivity index (χ1) is 8.30. The Morgan fingerprint density at radius 2 is 1.94 bits per heavy atom. The van der Waals surface area contributed by atoms with Gasteiger partial charge in [-0.2, -0.15) is 0 Å². The third-order valence-corrected chi connectivity index (χ3v) is 3.30. The minimum atomic E-state index is -0.109. The Morgan fingerprint density at radius 3 is 2.56 bits per heavy atom. The van der Waals surface area contributed by atoms with Gasteiger partial charge in [-0.05, 0) is 24.6 Å². The van der Waals surface area contributed by atoms with Gasteiger partial charge < -0.3 is 5.73 Å². The summed E-state index contributed by atoms with van der Waals surface area (Å²) in [6, 6.07) is 6.08. The van der Waals surface area contributed by atoms with E-state index in [1.807, 2.05) is 29.8 Å². The zero-order valence-electron chi connectivity index (χ0n) is 11.0. The summed E-state index contributed by atoms with van der Waals surface area (Å²) in [6.07, 6.45) is 0. The molecular formula is C13H17BrN4. The van der Waals surface area contributed by atoms with Crippen LogP contribution < -0.4 is 5.73 Å². The van der Waals surface area contributed by atoms with Crippen LogP contribution in [0.15, 0.2) is 22.7 Å². The molecule has 0 bridgehead atoms. The maximum absolute atomic E-state index is 5.95. The summed E-state index contributed by atoms with van der Waals surface area (Å²) in [6.45, 7) is 8.36. The number of aryl methyl sites for hydroxylation is 1. The summed E-state index contributed by atoms with van der Waals surface area (Å²) in [7, 11) is 0. The van der Waals surface area contributed by atoms with Gasteiger partial charge in [-0.25, -0.2) is 4.68 Å². The van der Waals surface area contributed by atoms with Crippen molar-refractivity contribution >= 4 is 21.7 Å². The number of aromatic nitrogens is 3. The van der Waals surface area contributed by atoms with Crippen molar-refractivity contribution in [2.24, 2.45) is 0 Å². The van der Waals surface area contributed by atoms with E-state index in [0.717, 1.165) is 21.4 Å². The van der Waals surface area contributed by atoms with Gasteiger partial charge in [0, 0.05) is 9.89 Å². The molecule has 0 radical (unpaired) electrons. The molecule has 2 N–H and O–H groups in total. The van der Waals surface area contributed by atoms with Crippen molar-refractivity contribution in [3.05, 3.63) is 33.9 Å². The molecule has 4 nitrogen and oxygen atoms in total. The number of nitrogen functional groups attached to an aromatic ring is 1. The molecule has 0 unspecified atom stereocenters. The summed E-state index contributed by atoms with van der Waals surface area (Å²) < 4.78 is 2.84. The SMILES string of the molecule is Cc1ccc(Br)cc1-n1nnc(N)c1C(C)(C)C. The van der Waals surface area contributed by atoms with E-state index < -0.39 is 0 Å². The lowest BCUT2D eigenvalue weighted by Crippen LogP contribution is -2.19. The van der Waals surface area contributed by atoms with Crippen LogP contribution in [0, 0.1) is 6.92 Å². The van der Waals surface area contributed by atoms with Crippen LogP contribution >= 0.6 is 15.9 Å². The molecule has 0 fully saturated rings. The molecule has 0 aliphatic rings. The van der Waals surface area contributed by atoms with Crippen molar-refractivity contribution in [3.63, 3.8) is 0 Å². The number of halogens is 1. The van der Waals surface area contributed by atoms with Crippen molar-refractivity contribution in [2.75, 3.05) is 5.73 Å². The minimum absolute atomic E-state index is 0.109. The molecule has 1 heterocycles. The minimum Gasteiger partial charge on any atom is -0.381 e. The molecule has 2 rings (SSSR count). The van der Waals surface area contributed by atoms with Gasteiger partial charge in [0.05, 0.1) is 11.4 Å². The van der Waals surface area contributed by atoms with Crippen molar-refractivity contribution < 1.29 is 0 Å². The first-order valence-corrected chi connectivity index (χ1v) is 6.58. The summed E-state index contributed by atoms with van der Waals surface area (Å²) >= 11 is 3.48. The number of nitrogens with two attached hydrogens (primary N) is 1. The first kappa shape index (κ1) is 13.1. The Labute approximate surface area is 115 Å². The molecular weight excluding hydrogens is 292 g/mol. The normalized spacial score (nSPS) is 11.8. The van der Waals surface area contributed by atoms with Gasteiger partial charge in [0.15, 0.2) is 5.82 Å². The predicted molar refractivity (Wildman–Crippen MR) is 76.9 cm³/mol. The maximum atomic E-state index is 5.95. The van der Waals surface area contributed by atoms with Crippen molar-refractivity contribution in [1.82, 2.24) is 15.0 Å². The van der Waals surface area contributed by atoms with Gasteiger partial charge in [-0.3, -0.25) is 0 Å². The zero-order chi connectivity index (χ0) is 13.5. The molecule has 0 aliphatic heterocycles. The van der Waals surface area contributed by atoms with E-state index in [0.29, 0.717) is 5.82 Å².